The summed E-state index contributed by atoms with van der Waals surface area (Å²) >= 11 is 0. The monoisotopic (exact) mass is 262 g/mol. The van der Waals surface area contributed by atoms with E-state index in [0.717, 1.165) is 0 Å². The maximum Gasteiger partial charge on any atom is 0.345 e. The predicted octanol–water partition coefficient (Wildman–Crippen LogP) is 2.45. The second kappa shape index (κ2) is 4.42. The molecule has 0 unspecified atom stereocenters. The zero-order valence-corrected chi connectivity index (χ0v) is 11.0. The van der Waals surface area contributed by atoms with Crippen LogP contribution in [0.25, 0.3) is 0 Å². The van der Waals surface area contributed by atoms with E-state index in [1.165, 1.54) is 6.07 Å². The van der Waals surface area contributed by atoms with E-state index >= 15 is 0 Å². The van der Waals surface area contributed by atoms with Gasteiger partial charge in [-0.25, -0.2) is 9.59 Å². The Labute approximate surface area is 110 Å². The average Bonchev–Trinajstić information content (AvgIpc) is 2.28. The molecule has 1 aromatic rings. The molecule has 0 saturated heterocycles. The van der Waals surface area contributed by atoms with Crippen LogP contribution in [-0.2, 0) is 9.53 Å². The van der Waals surface area contributed by atoms with Gasteiger partial charge in [-0.05, 0) is 25.1 Å². The van der Waals surface area contributed by atoms with Crippen LogP contribution in [0.15, 0.2) is 30.4 Å². The summed E-state index contributed by atoms with van der Waals surface area (Å²) in [4.78, 5) is 23.2. The lowest BCUT2D eigenvalue weighted by molar-refractivity contribution is -0.131. The Morgan fingerprint density at radius 2 is 2.00 bits per heavy atom. The lowest BCUT2D eigenvalue weighted by atomic mass is 10.1. The minimum atomic E-state index is -1.00. The Bertz CT molecular complexity index is 571. The summed E-state index contributed by atoms with van der Waals surface area (Å²) in [5.74, 6) is -1.42. The molecule has 0 bridgehead atoms. The molecule has 1 aliphatic heterocycles. The highest BCUT2D eigenvalue weighted by Gasteiger charge is 2.34. The molecule has 1 aliphatic rings. The first kappa shape index (κ1) is 13.1. The summed E-state index contributed by atoms with van der Waals surface area (Å²) < 4.78 is 15.6. The van der Waals surface area contributed by atoms with Crippen LogP contribution in [0.1, 0.15) is 31.1 Å². The van der Waals surface area contributed by atoms with Crippen molar-refractivity contribution in [2.45, 2.75) is 26.6 Å². The van der Waals surface area contributed by atoms with E-state index in [1.807, 2.05) is 0 Å². The molecule has 2 rings (SSSR count). The third-order valence-corrected chi connectivity index (χ3v) is 2.42. The fourth-order valence-corrected chi connectivity index (χ4v) is 1.58. The number of fused-ring (bicyclic) bond motifs is 1. The highest BCUT2D eigenvalue weighted by atomic mass is 16.7. The molecule has 1 heterocycles. The molecule has 0 saturated carbocycles. The number of hydrogen-bond acceptors (Lipinski definition) is 5. The van der Waals surface area contributed by atoms with E-state index in [-0.39, 0.29) is 16.9 Å². The van der Waals surface area contributed by atoms with Crippen LogP contribution in [0.4, 0.5) is 0 Å². The topological polar surface area (TPSA) is 61.8 Å². The fourth-order valence-electron chi connectivity index (χ4n) is 1.58. The third-order valence-electron chi connectivity index (χ3n) is 2.42. The first-order valence-electron chi connectivity index (χ1n) is 5.72. The molecule has 0 atom stereocenters. The van der Waals surface area contributed by atoms with Crippen LogP contribution in [0.3, 0.4) is 0 Å². The maximum atomic E-state index is 11.8. The van der Waals surface area contributed by atoms with E-state index in [2.05, 4.69) is 6.58 Å². The summed E-state index contributed by atoms with van der Waals surface area (Å²) in [7, 11) is 0. The highest BCUT2D eigenvalue weighted by molar-refractivity contribution is 5.94. The zero-order chi connectivity index (χ0) is 14.2. The van der Waals surface area contributed by atoms with Crippen molar-refractivity contribution in [3.63, 3.8) is 0 Å². The lowest BCUT2D eigenvalue weighted by Crippen LogP contribution is -2.38. The number of cyclic esters (lactones) is 1. The molecule has 5 nitrogen and oxygen atoms in total. The molecule has 1 aromatic carbocycles. The van der Waals surface area contributed by atoms with Gasteiger partial charge in [-0.2, -0.15) is 0 Å². The summed E-state index contributed by atoms with van der Waals surface area (Å²) in [6, 6.07) is 4.53. The van der Waals surface area contributed by atoms with Gasteiger partial charge in [0, 0.05) is 19.4 Å². The Morgan fingerprint density at radius 3 is 2.63 bits per heavy atom. The molecule has 0 amide bonds. The molecule has 5 heteroatoms. The Balaban J connectivity index is 2.30. The van der Waals surface area contributed by atoms with Crippen molar-refractivity contribution in [2.24, 2.45) is 0 Å². The van der Waals surface area contributed by atoms with E-state index in [1.54, 1.807) is 32.9 Å². The molecule has 0 spiro atoms. The van der Waals surface area contributed by atoms with E-state index in [9.17, 15) is 9.59 Å². The van der Waals surface area contributed by atoms with Crippen molar-refractivity contribution in [1.29, 1.82) is 0 Å². The summed E-state index contributed by atoms with van der Waals surface area (Å²) in [6.07, 6.45) is 0. The standard InChI is InChI=1S/C14H14O5/c1-8(2)12(15)17-9-5-6-11-10(7-9)13(16)19-14(3,4)18-11/h5-7H,1H2,2-4H3. The number of ether oxygens (including phenoxy) is 3. The van der Waals surface area contributed by atoms with Crippen molar-refractivity contribution >= 4 is 11.9 Å². The van der Waals surface area contributed by atoms with Gasteiger partial charge < -0.3 is 14.2 Å². The van der Waals surface area contributed by atoms with Gasteiger partial charge >= 0.3 is 11.9 Å². The van der Waals surface area contributed by atoms with Crippen LogP contribution in [0.2, 0.25) is 0 Å². The smallest absolute Gasteiger partial charge is 0.345 e. The van der Waals surface area contributed by atoms with Crippen LogP contribution >= 0.6 is 0 Å². The quantitative estimate of drug-likeness (QED) is 0.465. The van der Waals surface area contributed by atoms with Gasteiger partial charge in [0.25, 0.3) is 0 Å². The predicted molar refractivity (Wildman–Crippen MR) is 67.0 cm³/mol. The minimum absolute atomic E-state index is 0.228. The number of carbonyl (C=O) groups is 2. The van der Waals surface area contributed by atoms with Crippen LogP contribution in [0.5, 0.6) is 11.5 Å². The van der Waals surface area contributed by atoms with Gasteiger partial charge in [-0.3, -0.25) is 0 Å². The van der Waals surface area contributed by atoms with Gasteiger partial charge in [0.1, 0.15) is 17.1 Å². The summed E-state index contributed by atoms with van der Waals surface area (Å²) in [5, 5.41) is 0. The molecule has 0 aliphatic carbocycles. The van der Waals surface area contributed by atoms with Gasteiger partial charge in [0.05, 0.1) is 0 Å². The number of esters is 2. The lowest BCUT2D eigenvalue weighted by Gasteiger charge is -2.31. The van der Waals surface area contributed by atoms with E-state index in [4.69, 9.17) is 14.2 Å². The van der Waals surface area contributed by atoms with Crippen LogP contribution in [0, 0.1) is 0 Å². The molecule has 0 N–H and O–H groups in total. The van der Waals surface area contributed by atoms with E-state index in [0.29, 0.717) is 5.75 Å². The molecule has 0 fully saturated rings. The summed E-state index contributed by atoms with van der Waals surface area (Å²) in [6.45, 7) is 8.31. The maximum absolute atomic E-state index is 11.8. The minimum Gasteiger partial charge on any atom is -0.452 e. The largest absolute Gasteiger partial charge is 0.452 e. The highest BCUT2D eigenvalue weighted by Crippen LogP contribution is 2.33. The second-order valence-corrected chi connectivity index (χ2v) is 4.72. The SMILES string of the molecule is C=C(C)C(=O)Oc1ccc2c(c1)C(=O)OC(C)(C)O2. The van der Waals surface area contributed by atoms with Gasteiger partial charge in [-0.1, -0.05) is 6.58 Å². The first-order valence-corrected chi connectivity index (χ1v) is 5.72. The number of rotatable bonds is 2. The van der Waals surface area contributed by atoms with Crippen LogP contribution < -0.4 is 9.47 Å². The number of carbonyl (C=O) groups excluding carboxylic acids is 2. The van der Waals surface area contributed by atoms with Crippen molar-refractivity contribution in [3.05, 3.63) is 35.9 Å². The van der Waals surface area contributed by atoms with Crippen molar-refractivity contribution in [2.75, 3.05) is 0 Å². The zero-order valence-electron chi connectivity index (χ0n) is 11.0. The van der Waals surface area contributed by atoms with Gasteiger partial charge in [0.2, 0.25) is 5.79 Å². The number of hydrogen-bond donors (Lipinski definition) is 0. The van der Waals surface area contributed by atoms with Crippen molar-refractivity contribution < 1.29 is 23.8 Å². The second-order valence-electron chi connectivity index (χ2n) is 4.72. The third kappa shape index (κ3) is 2.76. The first-order chi connectivity index (χ1) is 8.78. The van der Waals surface area contributed by atoms with Crippen molar-refractivity contribution in [3.8, 4) is 11.5 Å². The molecular weight excluding hydrogens is 248 g/mol. The molecule has 0 radical (unpaired) electrons. The normalized spacial score (nSPS) is 15.8. The van der Waals surface area contributed by atoms with Crippen molar-refractivity contribution in [1.82, 2.24) is 0 Å². The van der Waals surface area contributed by atoms with Crippen LogP contribution in [-0.4, -0.2) is 17.7 Å². The number of benzene rings is 1. The molecular formula is C14H14O5. The average molecular weight is 262 g/mol. The van der Waals surface area contributed by atoms with Gasteiger partial charge in [-0.15, -0.1) is 0 Å². The Hall–Kier alpha value is -2.30. The Kier molecular flexibility index (Phi) is 3.06. The fraction of sp³-hybridized carbons (Fsp3) is 0.286. The molecule has 0 aromatic heterocycles. The summed E-state index contributed by atoms with van der Waals surface area (Å²) in [5.41, 5.74) is 0.504. The van der Waals surface area contributed by atoms with E-state index < -0.39 is 17.7 Å². The Morgan fingerprint density at radius 1 is 1.32 bits per heavy atom. The molecule has 19 heavy (non-hydrogen) atoms. The van der Waals surface area contributed by atoms with Gasteiger partial charge in [0.15, 0.2) is 0 Å². The molecule has 100 valence electrons.